The van der Waals surface area contributed by atoms with Crippen LogP contribution in [0.15, 0.2) is 168 Å². The Hall–Kier alpha value is -8.49. The van der Waals surface area contributed by atoms with Gasteiger partial charge in [-0.3, -0.25) is 19.2 Å². The number of piperidine rings is 4. The van der Waals surface area contributed by atoms with E-state index in [1.165, 1.54) is 79.6 Å². The van der Waals surface area contributed by atoms with Crippen molar-refractivity contribution in [3.8, 4) is 23.0 Å². The van der Waals surface area contributed by atoms with Crippen LogP contribution in [0.3, 0.4) is 0 Å². The van der Waals surface area contributed by atoms with Crippen molar-refractivity contribution < 1.29 is 149 Å². The Bertz CT molecular complexity index is 5680. The third-order valence-electron chi connectivity index (χ3n) is 25.0. The van der Waals surface area contributed by atoms with Gasteiger partial charge in [-0.1, -0.05) is 117 Å². The van der Waals surface area contributed by atoms with Gasteiger partial charge in [0.25, 0.3) is 0 Å². The second kappa shape index (κ2) is 54.7. The van der Waals surface area contributed by atoms with E-state index in [1.54, 1.807) is 25.7 Å². The van der Waals surface area contributed by atoms with E-state index in [-0.39, 0.29) is 114 Å². The molecule has 1 amide bonds. The zero-order chi connectivity index (χ0) is 97.3. The van der Waals surface area contributed by atoms with Crippen LogP contribution >= 0.6 is 58.8 Å². The predicted octanol–water partition coefficient (Wildman–Crippen LogP) is 16.6. The summed E-state index contributed by atoms with van der Waals surface area (Å²) < 4.78 is 44.3. The first-order chi connectivity index (χ1) is 64.8. The van der Waals surface area contributed by atoms with Crippen molar-refractivity contribution in [1.29, 1.82) is 0 Å². The van der Waals surface area contributed by atoms with E-state index in [0.29, 0.717) is 113 Å². The predicted molar refractivity (Wildman–Crippen MR) is 538 cm³/mol. The summed E-state index contributed by atoms with van der Waals surface area (Å²) in [5.41, 5.74) is 25.7. The normalized spacial score (nSPS) is 15.3. The number of carboxylic acid groups (broad SMARTS) is 1. The Morgan fingerprint density at radius 1 is 0.428 bits per heavy atom. The fourth-order valence-electron chi connectivity index (χ4n) is 18.0. The van der Waals surface area contributed by atoms with Crippen LogP contribution in [0.5, 0.6) is 23.0 Å². The number of carbonyl (C=O) groups is 6. The van der Waals surface area contributed by atoms with Gasteiger partial charge in [0, 0.05) is 134 Å². The molecule has 8 aromatic carbocycles. The number of aldehydes is 1. The number of fused-ring (bicyclic) bond motifs is 8. The zero-order valence-corrected chi connectivity index (χ0v) is 88.2. The molecule has 0 aromatic heterocycles. The second-order valence-electron chi connectivity index (χ2n) is 36.3. The van der Waals surface area contributed by atoms with E-state index in [4.69, 9.17) is 84.7 Å². The summed E-state index contributed by atoms with van der Waals surface area (Å²) in [7, 11) is 2.71. The molecule has 0 unspecified atom stereocenters. The summed E-state index contributed by atoms with van der Waals surface area (Å²) >= 11 is 25.1. The molecule has 0 atom stereocenters. The summed E-state index contributed by atoms with van der Waals surface area (Å²) in [6.45, 7) is 26.5. The van der Waals surface area contributed by atoms with Crippen LogP contribution in [0.4, 0.5) is 4.79 Å². The molecule has 738 valence electrons. The number of nitrogens with zero attached hydrogens (tertiary/aromatic N) is 3. The van der Waals surface area contributed by atoms with Gasteiger partial charge in [-0.25, -0.2) is 4.79 Å². The molecule has 0 aliphatic carbocycles. The minimum absolute atomic E-state index is 0. The van der Waals surface area contributed by atoms with Crippen molar-refractivity contribution in [3.63, 3.8) is 0 Å². The number of methoxy groups -OCH3 is 2. The molecule has 0 spiro atoms. The molecule has 8 aliphatic rings. The Labute approximate surface area is 879 Å². The van der Waals surface area contributed by atoms with Gasteiger partial charge in [0.15, 0.2) is 0 Å². The summed E-state index contributed by atoms with van der Waals surface area (Å²) in [4.78, 5) is 74.1. The number of carbonyl (C=O) groups excluding carboxylic acids is 5. The number of benzene rings is 8. The quantitative estimate of drug-likeness (QED) is 0.0153. The van der Waals surface area contributed by atoms with Crippen LogP contribution in [0.1, 0.15) is 203 Å². The third kappa shape index (κ3) is 30.5. The molecule has 8 aliphatic heterocycles. The molecule has 4 saturated heterocycles. The number of carboxylic acids is 1. The van der Waals surface area contributed by atoms with Gasteiger partial charge in [0.1, 0.15) is 61.1 Å². The van der Waals surface area contributed by atoms with Crippen LogP contribution < -0.4 is 75.6 Å². The molecule has 30 heteroatoms. The van der Waals surface area contributed by atoms with Crippen molar-refractivity contribution in [2.75, 3.05) is 119 Å². The Kier molecular flexibility index (Phi) is 45.5. The minimum atomic E-state index is -0.991. The molecular formula is C108H130Cl5KN4O20. The van der Waals surface area contributed by atoms with Gasteiger partial charge >= 0.3 is 81.4 Å². The molecule has 8 aromatic rings. The number of halogens is 5. The number of amides is 1. The van der Waals surface area contributed by atoms with E-state index in [2.05, 4.69) is 68.4 Å². The average Bonchev–Trinajstić information content (AvgIpc) is 1.60. The Morgan fingerprint density at radius 3 is 1.01 bits per heavy atom. The molecule has 24 nitrogen and oxygen atoms in total. The van der Waals surface area contributed by atoms with E-state index in [1.807, 2.05) is 118 Å². The van der Waals surface area contributed by atoms with E-state index >= 15 is 0 Å². The molecule has 7 N–H and O–H groups in total. The maximum absolute atomic E-state index is 12.2. The standard InChI is InChI=1S/C27H32ClNO4.C26H28ClNO5.C26H30ClNO4.C21H22ClNO2.C6H10O3.C2H6O.ClH.K.H2O/c1-27(2,26(31)32-3)17-29-11-8-19(9-12-29)25-22-6-5-21(28)15-20(22)16-33-24-7-4-18(10-13-30)14-23(24)25;1-3-31-26(30)28-11-8-19(9-12-28)25-22-6-5-21(27)15-20(22)16-33-24-7-4-18(14-23(24)25)10-13-32-17(2)29;1-26(2,25(30)31)16-28-10-7-18(8-11-28)24-21-5-4-20(27)14-19(21)15-32-23-6-3-17(9-12-29)13-22(23)24;22-17-2-3-18-16(12-17)13-25-20-4-1-14(7-10-24)11-19(20)21(18)15-5-8-23-9-6-15;1-6(2,4-7)5(8)9-3;1-2-3;;;/h4-7,14-15,30H,8-13,16-17H2,1-3H3;4-7,14-15H,3,8-13,16H2,1-2H3;3-6,13-14,29H,7-12,15-16H2,1-2H3,(H,30,31);1-4,11-12,23-24H,5-10,13H2;4H,1-3H3;3H,2H2,1H3;1H;;1H2/q;;;;;;;+1;/p-1. The molecule has 16 rings (SSSR count). The Balaban J connectivity index is 0.000000216. The van der Waals surface area contributed by atoms with Gasteiger partial charge < -0.3 is 93.7 Å². The number of ether oxygens (including phenoxy) is 8. The fourth-order valence-corrected chi connectivity index (χ4v) is 18.8. The maximum Gasteiger partial charge on any atom is 1.00 e. The summed E-state index contributed by atoms with van der Waals surface area (Å²) in [5, 5.41) is 51.5. The van der Waals surface area contributed by atoms with Gasteiger partial charge in [-0.05, 0) is 325 Å². The number of likely N-dealkylation sites (tertiary alicyclic amines) is 3. The molecular weight excluding hydrogens is 1890 g/mol. The van der Waals surface area contributed by atoms with E-state index < -0.39 is 28.2 Å². The summed E-state index contributed by atoms with van der Waals surface area (Å²) in [6, 6.07) is 48.8. The van der Waals surface area contributed by atoms with Crippen LogP contribution in [-0.4, -0.2) is 201 Å². The molecule has 8 heterocycles. The monoisotopic (exact) mass is 2020 g/mol. The van der Waals surface area contributed by atoms with Gasteiger partial charge in [-0.15, -0.1) is 12.4 Å². The van der Waals surface area contributed by atoms with Crippen molar-refractivity contribution >= 4 is 117 Å². The second-order valence-corrected chi connectivity index (χ2v) is 38.1. The van der Waals surface area contributed by atoms with Crippen molar-refractivity contribution in [2.24, 2.45) is 16.2 Å². The number of aliphatic hydroxyl groups excluding tert-OH is 4. The van der Waals surface area contributed by atoms with Gasteiger partial charge in [0.05, 0.1) is 38.3 Å². The fraction of sp³-hybridized carbons (Fsp3) is 0.426. The van der Waals surface area contributed by atoms with Crippen LogP contribution in [0.25, 0.3) is 22.3 Å². The first-order valence-corrected chi connectivity index (χ1v) is 47.9. The van der Waals surface area contributed by atoms with Crippen LogP contribution in [-0.2, 0) is 95.0 Å². The topological polar surface area (TPSA) is 329 Å². The van der Waals surface area contributed by atoms with E-state index in [0.717, 1.165) is 208 Å². The first kappa shape index (κ1) is 115. The van der Waals surface area contributed by atoms with Gasteiger partial charge in [0.2, 0.25) is 0 Å². The number of hydrogen-bond acceptors (Lipinski definition) is 22. The van der Waals surface area contributed by atoms with Crippen molar-refractivity contribution in [1.82, 2.24) is 20.0 Å². The average molecular weight is 2020 g/mol. The molecule has 0 bridgehead atoms. The number of aliphatic carboxylic acids is 1. The molecule has 0 radical (unpaired) electrons. The third-order valence-corrected chi connectivity index (χ3v) is 26.0. The SMILES string of the molecule is CC(C)(CN1CCC(=C2c3ccc(Cl)cc3COc3ccc(CCO)cc32)CC1)C(=O)O.CCO.CCOC(=O)N1CCC(=C2c3ccc(Cl)cc3COc3ccc(CCOC(C)=O)cc32)CC1.COC(=O)C(C)(C)C=O.COC(=O)C(C)(C)CN1CCC(=C2c3ccc(Cl)cc3COc3ccc(CCO)cc32)CC1.Cl.OCCc1ccc2c(c1)C(=C1CCNCC1)c1ccc(Cl)cc1CO2.[K+].[OH-]. The van der Waals surface area contributed by atoms with E-state index in [9.17, 15) is 49.2 Å². The maximum atomic E-state index is 12.2. The number of hydrogen-bond donors (Lipinski definition) is 6. The minimum Gasteiger partial charge on any atom is -0.870 e. The Morgan fingerprint density at radius 2 is 0.732 bits per heavy atom. The van der Waals surface area contributed by atoms with Crippen molar-refractivity contribution in [2.45, 2.75) is 166 Å². The summed E-state index contributed by atoms with van der Waals surface area (Å²) in [6.07, 6.45) is 9.98. The van der Waals surface area contributed by atoms with Crippen LogP contribution in [0.2, 0.25) is 20.1 Å². The number of nitrogens with one attached hydrogen (secondary N) is 1. The number of rotatable bonds is 18. The molecule has 138 heavy (non-hydrogen) atoms. The smallest absolute Gasteiger partial charge is 0.870 e. The molecule has 4 fully saturated rings. The van der Waals surface area contributed by atoms with Gasteiger partial charge in [-0.2, -0.15) is 0 Å². The molecule has 0 saturated carbocycles. The first-order valence-electron chi connectivity index (χ1n) is 46.4. The summed E-state index contributed by atoms with van der Waals surface area (Å²) in [5.74, 6) is 1.70. The number of aliphatic hydroxyl groups is 4. The largest absolute Gasteiger partial charge is 1.00 e. The van der Waals surface area contributed by atoms with Crippen molar-refractivity contribution in [3.05, 3.63) is 277 Å². The van der Waals surface area contributed by atoms with Crippen LogP contribution in [0, 0.1) is 16.2 Å². The number of esters is 3. The zero-order valence-electron chi connectivity index (χ0n) is 81.2.